The molecule has 118 valence electrons. The Bertz CT molecular complexity index is 406. The molecule has 2 aliphatic heterocycles. The van der Waals surface area contributed by atoms with E-state index < -0.39 is 0 Å². The Hall–Kier alpha value is -1.10. The SMILES string of the molecule is O=C1CC(C(=O)N2CCCC(CCO)C2)CN1CC1CC1. The number of aliphatic hydroxyl groups is 1. The van der Waals surface area contributed by atoms with Crippen molar-refractivity contribution in [1.29, 1.82) is 0 Å². The number of aliphatic hydroxyl groups excluding tert-OH is 1. The first kappa shape index (κ1) is 14.8. The van der Waals surface area contributed by atoms with Crippen molar-refractivity contribution < 1.29 is 14.7 Å². The van der Waals surface area contributed by atoms with E-state index in [4.69, 9.17) is 5.11 Å². The van der Waals surface area contributed by atoms with Gasteiger partial charge in [-0.2, -0.15) is 0 Å². The smallest absolute Gasteiger partial charge is 0.228 e. The van der Waals surface area contributed by atoms with Crippen molar-refractivity contribution in [3.63, 3.8) is 0 Å². The van der Waals surface area contributed by atoms with Gasteiger partial charge in [-0.15, -0.1) is 0 Å². The first-order valence-electron chi connectivity index (χ1n) is 8.34. The number of piperidine rings is 1. The van der Waals surface area contributed by atoms with Gasteiger partial charge in [0.1, 0.15) is 0 Å². The second-order valence-electron chi connectivity index (χ2n) is 6.95. The lowest BCUT2D eigenvalue weighted by Gasteiger charge is -2.34. The van der Waals surface area contributed by atoms with Crippen LogP contribution in [0.1, 0.15) is 38.5 Å². The number of carbonyl (C=O) groups is 2. The molecule has 2 saturated heterocycles. The molecule has 5 nitrogen and oxygen atoms in total. The molecule has 5 heteroatoms. The maximum Gasteiger partial charge on any atom is 0.228 e. The Morgan fingerprint density at radius 1 is 1.19 bits per heavy atom. The van der Waals surface area contributed by atoms with Crippen LogP contribution in [0.15, 0.2) is 0 Å². The number of rotatable bonds is 5. The Kier molecular flexibility index (Phi) is 4.48. The van der Waals surface area contributed by atoms with E-state index in [0.717, 1.165) is 38.9 Å². The normalized spacial score (nSPS) is 30.0. The average Bonchev–Trinajstić information content (AvgIpc) is 3.22. The number of nitrogens with zero attached hydrogens (tertiary/aromatic N) is 2. The van der Waals surface area contributed by atoms with Crippen LogP contribution in [0.5, 0.6) is 0 Å². The van der Waals surface area contributed by atoms with Crippen molar-refractivity contribution in [1.82, 2.24) is 9.80 Å². The summed E-state index contributed by atoms with van der Waals surface area (Å²) >= 11 is 0. The van der Waals surface area contributed by atoms with Gasteiger partial charge in [0.25, 0.3) is 0 Å². The molecule has 0 aromatic rings. The molecular formula is C16H26N2O3. The van der Waals surface area contributed by atoms with E-state index in [0.29, 0.717) is 24.8 Å². The third kappa shape index (κ3) is 3.57. The highest BCUT2D eigenvalue weighted by molar-refractivity contribution is 5.89. The number of hydrogen-bond donors (Lipinski definition) is 1. The standard InChI is InChI=1S/C16H26N2O3/c19-7-5-12-2-1-6-17(9-12)16(21)14-8-15(20)18(11-14)10-13-3-4-13/h12-14,19H,1-11H2. The summed E-state index contributed by atoms with van der Waals surface area (Å²) in [5.74, 6) is 1.29. The molecule has 2 unspecified atom stereocenters. The Morgan fingerprint density at radius 2 is 2.00 bits per heavy atom. The highest BCUT2D eigenvalue weighted by Gasteiger charge is 2.39. The summed E-state index contributed by atoms with van der Waals surface area (Å²) in [7, 11) is 0. The molecule has 1 saturated carbocycles. The van der Waals surface area contributed by atoms with Gasteiger partial charge in [0.05, 0.1) is 5.92 Å². The van der Waals surface area contributed by atoms with Crippen LogP contribution in [0.4, 0.5) is 0 Å². The highest BCUT2D eigenvalue weighted by Crippen LogP contribution is 2.32. The zero-order valence-electron chi connectivity index (χ0n) is 12.7. The molecule has 2 amide bonds. The van der Waals surface area contributed by atoms with E-state index in [-0.39, 0.29) is 24.3 Å². The molecule has 0 radical (unpaired) electrons. The minimum Gasteiger partial charge on any atom is -0.396 e. The minimum atomic E-state index is -0.135. The molecule has 0 bridgehead atoms. The fourth-order valence-corrected chi connectivity index (χ4v) is 3.67. The first-order chi connectivity index (χ1) is 10.2. The van der Waals surface area contributed by atoms with Crippen LogP contribution in [0, 0.1) is 17.8 Å². The number of carbonyl (C=O) groups excluding carboxylic acids is 2. The van der Waals surface area contributed by atoms with Crippen LogP contribution in [0.3, 0.4) is 0 Å². The van der Waals surface area contributed by atoms with E-state index in [2.05, 4.69) is 0 Å². The number of amides is 2. The van der Waals surface area contributed by atoms with Crippen LogP contribution in [-0.2, 0) is 9.59 Å². The lowest BCUT2D eigenvalue weighted by Crippen LogP contribution is -2.43. The maximum atomic E-state index is 12.6. The number of likely N-dealkylation sites (tertiary alicyclic amines) is 2. The largest absolute Gasteiger partial charge is 0.396 e. The van der Waals surface area contributed by atoms with Gasteiger partial charge in [-0.05, 0) is 43.9 Å². The van der Waals surface area contributed by atoms with Gasteiger partial charge in [-0.1, -0.05) is 0 Å². The van der Waals surface area contributed by atoms with Gasteiger partial charge in [-0.25, -0.2) is 0 Å². The van der Waals surface area contributed by atoms with Crippen LogP contribution in [0.25, 0.3) is 0 Å². The molecule has 1 N–H and O–H groups in total. The molecule has 2 atom stereocenters. The van der Waals surface area contributed by atoms with Gasteiger partial charge in [-0.3, -0.25) is 9.59 Å². The molecule has 0 spiro atoms. The topological polar surface area (TPSA) is 60.9 Å². The van der Waals surface area contributed by atoms with Crippen molar-refractivity contribution in [2.75, 3.05) is 32.8 Å². The summed E-state index contributed by atoms with van der Waals surface area (Å²) in [6.45, 7) is 3.25. The predicted molar refractivity (Wildman–Crippen MR) is 78.4 cm³/mol. The van der Waals surface area contributed by atoms with E-state index in [9.17, 15) is 9.59 Å². The third-order valence-electron chi connectivity index (χ3n) is 5.11. The summed E-state index contributed by atoms with van der Waals surface area (Å²) in [6, 6.07) is 0. The molecule has 1 aliphatic carbocycles. The van der Waals surface area contributed by atoms with E-state index >= 15 is 0 Å². The fraction of sp³-hybridized carbons (Fsp3) is 0.875. The van der Waals surface area contributed by atoms with Gasteiger partial charge in [0.15, 0.2) is 0 Å². The minimum absolute atomic E-state index is 0.135. The summed E-state index contributed by atoms with van der Waals surface area (Å²) < 4.78 is 0. The molecule has 3 fully saturated rings. The quantitative estimate of drug-likeness (QED) is 0.818. The fourth-order valence-electron chi connectivity index (χ4n) is 3.67. The average molecular weight is 294 g/mol. The first-order valence-corrected chi connectivity index (χ1v) is 8.34. The Morgan fingerprint density at radius 3 is 2.71 bits per heavy atom. The van der Waals surface area contributed by atoms with Gasteiger partial charge in [0, 0.05) is 39.2 Å². The third-order valence-corrected chi connectivity index (χ3v) is 5.11. The lowest BCUT2D eigenvalue weighted by atomic mass is 9.94. The van der Waals surface area contributed by atoms with Crippen molar-refractivity contribution >= 4 is 11.8 Å². The summed E-state index contributed by atoms with van der Waals surface area (Å²) in [4.78, 5) is 28.5. The van der Waals surface area contributed by atoms with Gasteiger partial charge in [0.2, 0.25) is 11.8 Å². The van der Waals surface area contributed by atoms with Gasteiger partial charge < -0.3 is 14.9 Å². The van der Waals surface area contributed by atoms with Crippen molar-refractivity contribution in [2.24, 2.45) is 17.8 Å². The maximum absolute atomic E-state index is 12.6. The predicted octanol–water partition coefficient (Wildman–Crippen LogP) is 0.866. The zero-order valence-corrected chi connectivity index (χ0v) is 12.7. The molecule has 3 aliphatic rings. The van der Waals surface area contributed by atoms with Crippen molar-refractivity contribution in [3.8, 4) is 0 Å². The molecule has 21 heavy (non-hydrogen) atoms. The second-order valence-corrected chi connectivity index (χ2v) is 6.95. The van der Waals surface area contributed by atoms with Crippen LogP contribution in [0.2, 0.25) is 0 Å². The lowest BCUT2D eigenvalue weighted by molar-refractivity contribution is -0.137. The van der Waals surface area contributed by atoms with Gasteiger partial charge >= 0.3 is 0 Å². The van der Waals surface area contributed by atoms with Crippen LogP contribution < -0.4 is 0 Å². The van der Waals surface area contributed by atoms with E-state index in [1.807, 2.05) is 9.80 Å². The highest BCUT2D eigenvalue weighted by atomic mass is 16.3. The van der Waals surface area contributed by atoms with E-state index in [1.54, 1.807) is 0 Å². The van der Waals surface area contributed by atoms with Crippen molar-refractivity contribution in [3.05, 3.63) is 0 Å². The monoisotopic (exact) mass is 294 g/mol. The second kappa shape index (κ2) is 6.34. The Balaban J connectivity index is 1.53. The number of hydrogen-bond acceptors (Lipinski definition) is 3. The molecule has 3 rings (SSSR count). The molecule has 0 aromatic carbocycles. The molecular weight excluding hydrogens is 268 g/mol. The summed E-state index contributed by atoms with van der Waals surface area (Å²) in [6.07, 6.45) is 5.76. The molecule has 0 aromatic heterocycles. The summed E-state index contributed by atoms with van der Waals surface area (Å²) in [5.41, 5.74) is 0. The summed E-state index contributed by atoms with van der Waals surface area (Å²) in [5, 5.41) is 9.06. The van der Waals surface area contributed by atoms with E-state index in [1.165, 1.54) is 12.8 Å². The zero-order chi connectivity index (χ0) is 14.8. The van der Waals surface area contributed by atoms with Crippen LogP contribution in [-0.4, -0.2) is 59.5 Å². The van der Waals surface area contributed by atoms with Crippen LogP contribution >= 0.6 is 0 Å². The Labute approximate surface area is 126 Å². The molecule has 2 heterocycles. The van der Waals surface area contributed by atoms with Crippen molar-refractivity contribution in [2.45, 2.75) is 38.5 Å².